The molecule has 4 N–H and O–H groups in total. The molecule has 12 heteroatoms. The highest BCUT2D eigenvalue weighted by Crippen LogP contribution is 2.47. The first kappa shape index (κ1) is 56.1. The number of amides is 2. The van der Waals surface area contributed by atoms with E-state index in [4.69, 9.17) is 38.8 Å². The van der Waals surface area contributed by atoms with Gasteiger partial charge in [0.05, 0.1) is 12.7 Å². The van der Waals surface area contributed by atoms with Crippen molar-refractivity contribution in [2.45, 2.75) is 134 Å². The van der Waals surface area contributed by atoms with Crippen molar-refractivity contribution in [2.24, 2.45) is 29.6 Å². The van der Waals surface area contributed by atoms with Crippen molar-refractivity contribution in [3.05, 3.63) is 82.4 Å². The number of ether oxygens (including phenoxy) is 2. The van der Waals surface area contributed by atoms with E-state index < -0.39 is 5.60 Å². The molecule has 1 saturated heterocycles. The van der Waals surface area contributed by atoms with Crippen LogP contribution in [0.5, 0.6) is 0 Å². The normalized spacial score (nSPS) is 28.8. The van der Waals surface area contributed by atoms with E-state index in [-0.39, 0.29) is 47.0 Å². The van der Waals surface area contributed by atoms with Gasteiger partial charge >= 0.3 is 0 Å². The summed E-state index contributed by atoms with van der Waals surface area (Å²) < 4.78 is 13.8. The maximum absolute atomic E-state index is 14.1. The summed E-state index contributed by atoms with van der Waals surface area (Å²) >= 11 is 11.5. The Morgan fingerprint density at radius 3 is 2.48 bits per heavy atom. The summed E-state index contributed by atoms with van der Waals surface area (Å²) in [6.07, 6.45) is 17.4. The molecule has 0 spiro atoms. The van der Waals surface area contributed by atoms with Gasteiger partial charge in [-0.05, 0) is 105 Å². The molecule has 0 radical (unpaired) electrons. The van der Waals surface area contributed by atoms with Crippen LogP contribution in [-0.2, 0) is 25.5 Å². The third kappa shape index (κ3) is 16.9. The van der Waals surface area contributed by atoms with E-state index in [0.29, 0.717) is 31.5 Å². The van der Waals surface area contributed by atoms with Crippen molar-refractivity contribution >= 4 is 36.5 Å². The zero-order valence-corrected chi connectivity index (χ0v) is 43.3. The number of rotatable bonds is 19. The Balaban J connectivity index is 0.000000954. The Bertz CT molecular complexity index is 1710. The van der Waals surface area contributed by atoms with Gasteiger partial charge in [0, 0.05) is 94.7 Å². The molecule has 2 amide bonds. The van der Waals surface area contributed by atoms with Crippen molar-refractivity contribution in [1.82, 2.24) is 25.8 Å². The molecule has 9 unspecified atom stereocenters. The summed E-state index contributed by atoms with van der Waals surface area (Å²) in [5, 5.41) is 17.7. The number of halogens is 1. The van der Waals surface area contributed by atoms with Crippen molar-refractivity contribution in [1.29, 1.82) is 0 Å². The number of thiol groups is 1. The molecule has 2 aromatic rings. The lowest BCUT2D eigenvalue weighted by Crippen LogP contribution is -2.58. The van der Waals surface area contributed by atoms with Crippen LogP contribution in [0.1, 0.15) is 115 Å². The fourth-order valence-corrected chi connectivity index (χ4v) is 11.3. The minimum absolute atomic E-state index is 0.0454. The molecule has 2 heterocycles. The SMILES string of the molecule is CCCCCCN(CCNCCNC=O)CC1(OC)/C=C/CC(C(C)S)CNC(=O)C2CC3C(C[C@H]2C)OCC(c2ccc(Cl)cc2CCC)CN3CC2CCC21.CO.Cc1ccccc1. The van der Waals surface area contributed by atoms with E-state index in [2.05, 4.69) is 96.8 Å². The Labute approximate surface area is 410 Å². The third-order valence-corrected chi connectivity index (χ3v) is 15.5. The predicted octanol–water partition coefficient (Wildman–Crippen LogP) is 8.74. The Morgan fingerprint density at radius 2 is 1.83 bits per heavy atom. The number of nitrogens with zero attached hydrogens (tertiary/aromatic N) is 2. The topological polar surface area (TPSA) is 115 Å². The molecule has 10 atom stereocenters. The Kier molecular flexibility index (Phi) is 25.7. The van der Waals surface area contributed by atoms with Gasteiger partial charge in [-0.2, -0.15) is 12.6 Å². The maximum atomic E-state index is 14.1. The fourth-order valence-electron chi connectivity index (χ4n) is 10.9. The van der Waals surface area contributed by atoms with Crippen LogP contribution in [0.3, 0.4) is 0 Å². The molecule has 4 aliphatic rings. The van der Waals surface area contributed by atoms with Crippen LogP contribution < -0.4 is 16.0 Å². The van der Waals surface area contributed by atoms with Gasteiger partial charge in [-0.25, -0.2) is 0 Å². The molecule has 2 bridgehead atoms. The molecule has 2 aliphatic heterocycles. The highest BCUT2D eigenvalue weighted by molar-refractivity contribution is 7.80. The van der Waals surface area contributed by atoms with Crippen LogP contribution in [0.4, 0.5) is 0 Å². The van der Waals surface area contributed by atoms with Crippen LogP contribution in [0.2, 0.25) is 5.02 Å². The molecular formula is C54H88ClN5O5S. The van der Waals surface area contributed by atoms with E-state index in [1.807, 2.05) is 31.4 Å². The lowest BCUT2D eigenvalue weighted by molar-refractivity contribution is -0.132. The third-order valence-electron chi connectivity index (χ3n) is 14.9. The summed E-state index contributed by atoms with van der Waals surface area (Å²) in [6.45, 7) is 19.2. The lowest BCUT2D eigenvalue weighted by Gasteiger charge is -2.52. The number of methoxy groups -OCH3 is 1. The van der Waals surface area contributed by atoms with Gasteiger partial charge < -0.3 is 30.5 Å². The molecule has 6 rings (SSSR count). The Hall–Kier alpha value is -2.48. The number of benzene rings is 2. The number of hydrogen-bond donors (Lipinski definition) is 5. The second-order valence-corrected chi connectivity index (χ2v) is 20.8. The van der Waals surface area contributed by atoms with Gasteiger partial charge in [0.15, 0.2) is 0 Å². The van der Waals surface area contributed by atoms with Crippen molar-refractivity contribution in [3.63, 3.8) is 0 Å². The van der Waals surface area contributed by atoms with E-state index in [1.54, 1.807) is 0 Å². The summed E-state index contributed by atoms with van der Waals surface area (Å²) in [4.78, 5) is 30.3. The largest absolute Gasteiger partial charge is 0.400 e. The summed E-state index contributed by atoms with van der Waals surface area (Å²) in [7, 11) is 2.93. The number of aryl methyl sites for hydroxylation is 2. The lowest BCUT2D eigenvalue weighted by atomic mass is 9.63. The molecule has 2 saturated carbocycles. The summed E-state index contributed by atoms with van der Waals surface area (Å²) in [5.41, 5.74) is 3.57. The van der Waals surface area contributed by atoms with Crippen LogP contribution in [-0.4, -0.2) is 130 Å². The second kappa shape index (κ2) is 30.2. The average Bonchev–Trinajstić information content (AvgIpc) is 3.47. The molecule has 3 fully saturated rings. The van der Waals surface area contributed by atoms with Crippen molar-refractivity contribution in [2.75, 3.05) is 79.7 Å². The number of allylic oxidation sites excluding steroid dienone is 1. The quantitative estimate of drug-likeness (QED) is 0.0412. The van der Waals surface area contributed by atoms with Crippen LogP contribution in [0.15, 0.2) is 60.7 Å². The highest BCUT2D eigenvalue weighted by atomic mass is 35.5. The van der Waals surface area contributed by atoms with Crippen molar-refractivity contribution in [3.8, 4) is 0 Å². The van der Waals surface area contributed by atoms with Crippen molar-refractivity contribution < 1.29 is 24.2 Å². The van der Waals surface area contributed by atoms with Gasteiger partial charge in [0.1, 0.15) is 5.60 Å². The zero-order valence-electron chi connectivity index (χ0n) is 41.7. The highest BCUT2D eigenvalue weighted by Gasteiger charge is 2.50. The molecule has 372 valence electrons. The molecule has 10 nitrogen and oxygen atoms in total. The summed E-state index contributed by atoms with van der Waals surface area (Å²) in [5.74, 6) is 1.65. The molecule has 2 aromatic carbocycles. The number of carbonyl (C=O) groups excluding carboxylic acids is 2. The number of unbranched alkanes of at least 4 members (excludes halogenated alkanes) is 3. The first-order valence-corrected chi connectivity index (χ1v) is 26.3. The smallest absolute Gasteiger partial charge is 0.223 e. The zero-order chi connectivity index (χ0) is 47.9. The van der Waals surface area contributed by atoms with E-state index in [9.17, 15) is 9.59 Å². The van der Waals surface area contributed by atoms with Gasteiger partial charge in [0.25, 0.3) is 0 Å². The van der Waals surface area contributed by atoms with Crippen LogP contribution in [0, 0.1) is 36.5 Å². The number of fused-ring (bicyclic) bond motifs is 2. The standard InChI is InChI=1S/C46H76ClN5O4S.C7H8.CH4O/c1-6-8-9-10-22-51(23-21-48-19-20-49-32-53)31-46(55-5)18-11-13-36(34(4)57)27-50-45(54)41-26-43-44(24-33(41)3)56-30-38(29-52(43)28-37-14-17-42(37)46)40-16-15-39(47)25-35(40)12-7-2;1-7-5-3-2-4-6-7;1-2/h11,15-16,18,25,32-34,36-38,41-44,48,57H,6-10,12-14,17,19-24,26-31H2,1-5H3,(H,49,53)(H,50,54);2-6H,1H3;2H,1H3/b18-11+;;/t33-,34?,36?,37?,38?,41?,42?,43?,44?,46?;;/m1../s1. The second-order valence-electron chi connectivity index (χ2n) is 19.5. The number of carbonyl (C=O) groups is 2. The first-order chi connectivity index (χ1) is 32.0. The molecule has 66 heavy (non-hydrogen) atoms. The molecular weight excluding hydrogens is 866 g/mol. The first-order valence-electron chi connectivity index (χ1n) is 25.4. The molecule has 0 aromatic heterocycles. The van der Waals surface area contributed by atoms with Gasteiger partial charge in [-0.15, -0.1) is 0 Å². The minimum Gasteiger partial charge on any atom is -0.400 e. The van der Waals surface area contributed by atoms with E-state index in [0.717, 1.165) is 103 Å². The monoisotopic (exact) mass is 954 g/mol. The van der Waals surface area contributed by atoms with Gasteiger partial charge in [-0.1, -0.05) is 119 Å². The van der Waals surface area contributed by atoms with Gasteiger partial charge in [-0.3, -0.25) is 19.4 Å². The van der Waals surface area contributed by atoms with Gasteiger partial charge in [0.2, 0.25) is 12.3 Å². The van der Waals surface area contributed by atoms with E-state index in [1.165, 1.54) is 48.8 Å². The molecule has 2 aliphatic carbocycles. The predicted molar refractivity (Wildman–Crippen MR) is 277 cm³/mol. The summed E-state index contributed by atoms with van der Waals surface area (Å²) in [6, 6.07) is 16.9. The number of hydrogen-bond acceptors (Lipinski definition) is 9. The average molecular weight is 955 g/mol. The van der Waals surface area contributed by atoms with E-state index >= 15 is 0 Å². The number of nitrogens with one attached hydrogen (secondary N) is 3. The fraction of sp³-hybridized carbons (Fsp3) is 0.704. The Morgan fingerprint density at radius 1 is 1.05 bits per heavy atom. The number of aliphatic hydroxyl groups is 1. The number of aliphatic hydroxyl groups excluding tert-OH is 1. The minimum atomic E-state index is -0.449. The van der Waals surface area contributed by atoms with Crippen LogP contribution in [0.25, 0.3) is 0 Å². The van der Waals surface area contributed by atoms with Crippen LogP contribution >= 0.6 is 24.2 Å². The maximum Gasteiger partial charge on any atom is 0.223 e.